The van der Waals surface area contributed by atoms with Gasteiger partial charge in [-0.05, 0) is 141 Å². The fourth-order valence-electron chi connectivity index (χ4n) is 14.1. The van der Waals surface area contributed by atoms with Crippen LogP contribution in [0.5, 0.6) is 0 Å². The Labute approximate surface area is 581 Å². The SMILES string of the molecule is c1ccc(-c2ccc(-c3nc(-c4cccc(-c5ccc(-c6ccc(-c7nc(-c8ccccc8)nc(-c8ccc9c(c8)oc8cc(-c%10ccc%11sc%12ccccc%12c%11c%10)ccc89)n7)cc6)cc5)c4)nc(-c4ccc5c(c4)oc4cc(-c6ccc7c(c6)sc6ccccc67)ccc45)n3)cc2)cc1. The molecule has 466 valence electrons. The normalized spacial score (nSPS) is 11.8. The number of fused-ring (bicyclic) bond motifs is 12. The Morgan fingerprint density at radius 1 is 0.160 bits per heavy atom. The van der Waals surface area contributed by atoms with Crippen molar-refractivity contribution in [3.05, 3.63) is 315 Å². The Hall–Kier alpha value is -12.9. The third-order valence-corrected chi connectivity index (χ3v) is 21.5. The van der Waals surface area contributed by atoms with Crippen molar-refractivity contribution in [2.24, 2.45) is 0 Å². The summed E-state index contributed by atoms with van der Waals surface area (Å²) in [5.74, 6) is 3.42. The summed E-state index contributed by atoms with van der Waals surface area (Å²) in [6.45, 7) is 0. The summed E-state index contributed by atoms with van der Waals surface area (Å²) in [6, 6.07) is 111. The first-order chi connectivity index (χ1) is 49.4. The Morgan fingerprint density at radius 2 is 0.430 bits per heavy atom. The van der Waals surface area contributed by atoms with Crippen molar-refractivity contribution in [3.63, 3.8) is 0 Å². The Morgan fingerprint density at radius 3 is 0.930 bits per heavy atom. The Bertz CT molecular complexity index is 6640. The third kappa shape index (κ3) is 10.2. The molecule has 0 saturated carbocycles. The number of nitrogens with zero attached hydrogens (tertiary/aromatic N) is 6. The minimum atomic E-state index is 0.549. The highest BCUT2D eigenvalue weighted by atomic mass is 32.1. The number of benzene rings is 14. The van der Waals surface area contributed by atoms with Gasteiger partial charge in [0.1, 0.15) is 22.3 Å². The van der Waals surface area contributed by atoms with E-state index in [9.17, 15) is 0 Å². The maximum absolute atomic E-state index is 6.72. The van der Waals surface area contributed by atoms with Gasteiger partial charge in [0.05, 0.1) is 0 Å². The van der Waals surface area contributed by atoms with Gasteiger partial charge in [-0.2, -0.15) is 0 Å². The highest BCUT2D eigenvalue weighted by Crippen LogP contribution is 2.43. The van der Waals surface area contributed by atoms with E-state index in [4.69, 9.17) is 38.7 Å². The van der Waals surface area contributed by atoms with Crippen molar-refractivity contribution in [2.75, 3.05) is 0 Å². The molecule has 0 amide bonds. The van der Waals surface area contributed by atoms with Gasteiger partial charge in [-0.3, -0.25) is 0 Å². The lowest BCUT2D eigenvalue weighted by molar-refractivity contribution is 0.669. The fourth-order valence-corrected chi connectivity index (χ4v) is 16.3. The molecule has 10 heteroatoms. The van der Waals surface area contributed by atoms with E-state index in [1.165, 1.54) is 40.3 Å². The molecule has 0 aliphatic rings. The summed E-state index contributed by atoms with van der Waals surface area (Å²) in [4.78, 5) is 30.9. The minimum Gasteiger partial charge on any atom is -0.456 e. The van der Waals surface area contributed by atoms with Crippen LogP contribution in [0.25, 0.3) is 208 Å². The molecule has 0 spiro atoms. The second kappa shape index (κ2) is 23.5. The molecule has 20 aromatic rings. The van der Waals surface area contributed by atoms with Crippen LogP contribution in [0, 0.1) is 0 Å². The van der Waals surface area contributed by atoms with Gasteiger partial charge >= 0.3 is 0 Å². The van der Waals surface area contributed by atoms with E-state index in [0.717, 1.165) is 133 Å². The zero-order chi connectivity index (χ0) is 65.8. The molecule has 0 fully saturated rings. The van der Waals surface area contributed by atoms with Crippen LogP contribution in [0.15, 0.2) is 324 Å². The summed E-state index contributed by atoms with van der Waals surface area (Å²) in [5, 5.41) is 9.31. The van der Waals surface area contributed by atoms with Crippen molar-refractivity contribution >= 4 is 107 Å². The van der Waals surface area contributed by atoms with Crippen molar-refractivity contribution in [1.29, 1.82) is 0 Å². The highest BCUT2D eigenvalue weighted by Gasteiger charge is 2.20. The third-order valence-electron chi connectivity index (χ3n) is 19.3. The van der Waals surface area contributed by atoms with Crippen LogP contribution in [0.4, 0.5) is 0 Å². The molecule has 0 saturated heterocycles. The first-order valence-electron chi connectivity index (χ1n) is 33.3. The van der Waals surface area contributed by atoms with Crippen LogP contribution >= 0.6 is 22.7 Å². The molecule has 0 unspecified atom stereocenters. The Balaban J connectivity index is 0.592. The molecular formula is C90H52N6O2S2. The molecule has 0 bridgehead atoms. The van der Waals surface area contributed by atoms with E-state index in [0.29, 0.717) is 34.9 Å². The lowest BCUT2D eigenvalue weighted by Gasteiger charge is -2.11. The van der Waals surface area contributed by atoms with Crippen molar-refractivity contribution < 1.29 is 8.83 Å². The van der Waals surface area contributed by atoms with Gasteiger partial charge in [0.15, 0.2) is 34.9 Å². The van der Waals surface area contributed by atoms with Gasteiger partial charge in [-0.1, -0.05) is 231 Å². The summed E-state index contributed by atoms with van der Waals surface area (Å²) in [6.07, 6.45) is 0. The van der Waals surface area contributed by atoms with Crippen LogP contribution in [0.2, 0.25) is 0 Å². The Kier molecular flexibility index (Phi) is 13.5. The number of aromatic nitrogens is 6. The number of rotatable bonds is 11. The van der Waals surface area contributed by atoms with Gasteiger partial charge in [-0.15, -0.1) is 22.7 Å². The second-order valence-electron chi connectivity index (χ2n) is 25.3. The van der Waals surface area contributed by atoms with E-state index in [1.54, 1.807) is 0 Å². The van der Waals surface area contributed by atoms with Crippen LogP contribution in [-0.2, 0) is 0 Å². The predicted octanol–water partition coefficient (Wildman–Crippen LogP) is 24.9. The van der Waals surface area contributed by atoms with E-state index in [-0.39, 0.29) is 0 Å². The summed E-state index contributed by atoms with van der Waals surface area (Å²) in [5.41, 5.74) is 19.4. The van der Waals surface area contributed by atoms with Gasteiger partial charge in [0.2, 0.25) is 0 Å². The standard InChI is InChI=1S/C90H52N6O2S2/c1-3-12-53(13-4-1)54-26-30-60(31-27-54)87-93-88(96-90(95-87)68-38-43-72-70-41-35-64(49-78(70)98-80(72)51-68)65-36-44-75-73-18-7-9-20-81(73)100-84(75)52-65)66-17-11-16-61(46-66)57-24-22-55(23-25-57)56-28-32-59(33-29-56)86-91-85(58-14-5-2-6-15-58)92-89(94-86)67-37-42-71-69-40-34-63(48-77(69)97-79(71)50-67)62-39-45-83-76(47-62)74-19-8-10-21-82(74)99-83/h1-52H. The lowest BCUT2D eigenvalue weighted by atomic mass is 9.98. The molecule has 8 nitrogen and oxygen atoms in total. The monoisotopic (exact) mass is 1310 g/mol. The summed E-state index contributed by atoms with van der Waals surface area (Å²) < 4.78 is 18.5. The van der Waals surface area contributed by atoms with Crippen LogP contribution in [0.3, 0.4) is 0 Å². The molecule has 6 aromatic heterocycles. The van der Waals surface area contributed by atoms with Gasteiger partial charge in [-0.25, -0.2) is 29.9 Å². The fraction of sp³-hybridized carbons (Fsp3) is 0. The zero-order valence-corrected chi connectivity index (χ0v) is 55.0. The highest BCUT2D eigenvalue weighted by molar-refractivity contribution is 7.26. The largest absolute Gasteiger partial charge is 0.456 e. The van der Waals surface area contributed by atoms with Crippen LogP contribution in [-0.4, -0.2) is 29.9 Å². The molecule has 0 radical (unpaired) electrons. The van der Waals surface area contributed by atoms with Gasteiger partial charge in [0.25, 0.3) is 0 Å². The van der Waals surface area contributed by atoms with Crippen LogP contribution in [0.1, 0.15) is 0 Å². The van der Waals surface area contributed by atoms with E-state index in [2.05, 4.69) is 279 Å². The van der Waals surface area contributed by atoms with E-state index in [1.807, 2.05) is 59.1 Å². The number of furan rings is 2. The first-order valence-corrected chi connectivity index (χ1v) is 34.9. The predicted molar refractivity (Wildman–Crippen MR) is 413 cm³/mol. The smallest absolute Gasteiger partial charge is 0.164 e. The summed E-state index contributed by atoms with van der Waals surface area (Å²) >= 11 is 3.66. The number of thiophene rings is 2. The summed E-state index contributed by atoms with van der Waals surface area (Å²) in [7, 11) is 0. The molecule has 0 aliphatic heterocycles. The molecule has 6 heterocycles. The average Bonchev–Trinajstić information content (AvgIpc) is 1.53. The number of hydrogen-bond acceptors (Lipinski definition) is 10. The van der Waals surface area contributed by atoms with Crippen molar-refractivity contribution in [1.82, 2.24) is 29.9 Å². The van der Waals surface area contributed by atoms with Crippen molar-refractivity contribution in [2.45, 2.75) is 0 Å². The zero-order valence-electron chi connectivity index (χ0n) is 53.3. The lowest BCUT2D eigenvalue weighted by Crippen LogP contribution is -2.00. The molecule has 0 aliphatic carbocycles. The van der Waals surface area contributed by atoms with E-state index < -0.39 is 0 Å². The second-order valence-corrected chi connectivity index (χ2v) is 27.5. The molecular weight excluding hydrogens is 1260 g/mol. The maximum Gasteiger partial charge on any atom is 0.164 e. The minimum absolute atomic E-state index is 0.549. The maximum atomic E-state index is 6.72. The first kappa shape index (κ1) is 57.4. The molecule has 14 aromatic carbocycles. The molecule has 100 heavy (non-hydrogen) atoms. The molecule has 0 atom stereocenters. The number of hydrogen-bond donors (Lipinski definition) is 0. The quantitative estimate of drug-likeness (QED) is 0.126. The van der Waals surface area contributed by atoms with Gasteiger partial charge in [0, 0.05) is 95.3 Å². The van der Waals surface area contributed by atoms with Crippen molar-refractivity contribution in [3.8, 4) is 124 Å². The van der Waals surface area contributed by atoms with E-state index >= 15 is 0 Å². The average molecular weight is 1310 g/mol. The van der Waals surface area contributed by atoms with Crippen LogP contribution < -0.4 is 0 Å². The molecule has 20 rings (SSSR count). The molecule has 0 N–H and O–H groups in total. The topological polar surface area (TPSA) is 104 Å². The van der Waals surface area contributed by atoms with Gasteiger partial charge < -0.3 is 8.83 Å².